The zero-order valence-corrected chi connectivity index (χ0v) is 18.4. The maximum Gasteiger partial charge on any atom is 0.408 e. The van der Waals surface area contributed by atoms with Crippen molar-refractivity contribution in [3.8, 4) is 0 Å². The Balaban J connectivity index is 1.73. The van der Waals surface area contributed by atoms with Crippen LogP contribution < -0.4 is 5.32 Å². The number of aryl methyl sites for hydroxylation is 2. The Bertz CT molecular complexity index is 837. The van der Waals surface area contributed by atoms with Gasteiger partial charge in [0.05, 0.1) is 0 Å². The first-order valence-corrected chi connectivity index (χ1v) is 11.1. The van der Waals surface area contributed by atoms with Crippen LogP contribution in [0.15, 0.2) is 24.3 Å². The van der Waals surface area contributed by atoms with E-state index in [0.717, 1.165) is 17.5 Å². The van der Waals surface area contributed by atoms with E-state index in [1.807, 2.05) is 36.5 Å². The molecule has 1 aromatic carbocycles. The Hall–Kier alpha value is -2.29. The summed E-state index contributed by atoms with van der Waals surface area (Å²) in [6.45, 7) is 3.22. The molecule has 0 aromatic heterocycles. The van der Waals surface area contributed by atoms with Crippen LogP contribution in [0.5, 0.6) is 0 Å². The first-order valence-electron chi connectivity index (χ1n) is 11.1. The number of hydrogen-bond acceptors (Lipinski definition) is 3. The van der Waals surface area contributed by atoms with Crippen LogP contribution in [0.2, 0.25) is 0 Å². The van der Waals surface area contributed by atoms with E-state index in [-0.39, 0.29) is 6.42 Å². The van der Waals surface area contributed by atoms with Gasteiger partial charge in [-0.25, -0.2) is 9.59 Å². The highest BCUT2D eigenvalue weighted by Crippen LogP contribution is 2.44. The monoisotopic (exact) mass is 456 g/mol. The van der Waals surface area contributed by atoms with Gasteiger partial charge in [-0.05, 0) is 51.0 Å². The number of nitrogens with zero attached hydrogens (tertiary/aromatic N) is 1. The molecule has 6 nitrogen and oxygen atoms in total. The number of likely N-dealkylation sites (tertiary alicyclic amines) is 1. The van der Waals surface area contributed by atoms with E-state index in [9.17, 15) is 33.0 Å². The third kappa shape index (κ3) is 5.03. The summed E-state index contributed by atoms with van der Waals surface area (Å²) < 4.78 is 41.1. The smallest absolute Gasteiger partial charge is 0.408 e. The fraction of sp³-hybridized carbons (Fsp3) is 0.652. The maximum absolute atomic E-state index is 13.7. The van der Waals surface area contributed by atoms with Crippen LogP contribution in [0.1, 0.15) is 56.6 Å². The van der Waals surface area contributed by atoms with Gasteiger partial charge in [0, 0.05) is 5.92 Å². The molecule has 3 N–H and O–H groups in total. The van der Waals surface area contributed by atoms with Gasteiger partial charge in [0.2, 0.25) is 0 Å². The molecule has 3 rings (SSSR count). The van der Waals surface area contributed by atoms with Gasteiger partial charge in [0.25, 0.3) is 0 Å². The lowest BCUT2D eigenvalue weighted by Gasteiger charge is -2.57. The molecule has 32 heavy (non-hydrogen) atoms. The number of carboxylic acid groups (broad SMARTS) is 1. The lowest BCUT2D eigenvalue weighted by molar-refractivity contribution is -0.236. The number of aliphatic hydroxyl groups is 1. The Morgan fingerprint density at radius 1 is 1.25 bits per heavy atom. The summed E-state index contributed by atoms with van der Waals surface area (Å²) in [5, 5.41) is 22.6. The molecule has 9 heteroatoms. The highest BCUT2D eigenvalue weighted by molar-refractivity contribution is 5.86. The first kappa shape index (κ1) is 24.4. The third-order valence-corrected chi connectivity index (χ3v) is 6.90. The largest absolute Gasteiger partial charge is 0.480 e. The molecule has 1 saturated heterocycles. The number of aliphatic carboxylic acids is 1. The molecule has 0 radical (unpaired) electrons. The summed E-state index contributed by atoms with van der Waals surface area (Å²) in [5.74, 6) is -2.90. The van der Waals surface area contributed by atoms with Crippen molar-refractivity contribution in [2.45, 2.75) is 82.8 Å². The fourth-order valence-electron chi connectivity index (χ4n) is 5.23. The number of amides is 2. The van der Waals surface area contributed by atoms with Crippen LogP contribution in [0, 0.1) is 18.8 Å². The van der Waals surface area contributed by atoms with E-state index in [1.54, 1.807) is 0 Å². The lowest BCUT2D eigenvalue weighted by atomic mass is 9.74. The highest BCUT2D eigenvalue weighted by Gasteiger charge is 2.62. The molecule has 1 aliphatic carbocycles. The summed E-state index contributed by atoms with van der Waals surface area (Å²) in [6.07, 6.45) is -1.01. The summed E-state index contributed by atoms with van der Waals surface area (Å²) in [6, 6.07) is 2.99. The van der Waals surface area contributed by atoms with E-state index in [0.29, 0.717) is 37.0 Å². The fourth-order valence-corrected chi connectivity index (χ4v) is 5.23. The van der Waals surface area contributed by atoms with Crippen molar-refractivity contribution in [1.82, 2.24) is 10.2 Å². The van der Waals surface area contributed by atoms with Gasteiger partial charge in [0.15, 0.2) is 0 Å². The quantitative estimate of drug-likeness (QED) is 0.597. The molecule has 0 bridgehead atoms. The summed E-state index contributed by atoms with van der Waals surface area (Å²) in [7, 11) is 0. The van der Waals surface area contributed by atoms with Crippen LogP contribution in [0.3, 0.4) is 0 Å². The number of carboxylic acids is 1. The van der Waals surface area contributed by atoms with E-state index >= 15 is 0 Å². The Morgan fingerprint density at radius 3 is 2.47 bits per heavy atom. The molecule has 2 aliphatic rings. The zero-order chi connectivity index (χ0) is 23.7. The Kier molecular flexibility index (Phi) is 7.07. The van der Waals surface area contributed by atoms with Gasteiger partial charge >= 0.3 is 18.2 Å². The number of halogens is 3. The van der Waals surface area contributed by atoms with E-state index < -0.39 is 47.8 Å². The van der Waals surface area contributed by atoms with Crippen LogP contribution in [-0.2, 0) is 11.2 Å². The van der Waals surface area contributed by atoms with Gasteiger partial charge in [-0.1, -0.05) is 49.1 Å². The number of hydrogen-bond donors (Lipinski definition) is 3. The summed E-state index contributed by atoms with van der Waals surface area (Å²) in [5.41, 5.74) is 0.140. The molecule has 1 heterocycles. The number of carbonyl (C=O) groups excluding carboxylic acids is 1. The molecule has 1 aromatic rings. The van der Waals surface area contributed by atoms with Crippen molar-refractivity contribution in [2.24, 2.45) is 11.8 Å². The number of alkyl halides is 3. The van der Waals surface area contributed by atoms with Gasteiger partial charge < -0.3 is 15.5 Å². The van der Waals surface area contributed by atoms with Crippen molar-refractivity contribution in [3.05, 3.63) is 35.4 Å². The standard InChI is InChI=1S/C23H31F3N2O4/c1-14-7-6-8-15(13-14)11-12-17-18(20(29)30)28(22(17,2)32)21(31)27-19(23(24,25)26)16-9-4-3-5-10-16/h6-8,13,16-19,32H,3-5,9-12H2,1-2H3,(H,27,31)(H,29,30). The minimum atomic E-state index is -4.66. The van der Waals surface area contributed by atoms with Gasteiger partial charge in [0.1, 0.15) is 17.8 Å². The molecule has 4 unspecified atom stereocenters. The molecular weight excluding hydrogens is 425 g/mol. The maximum atomic E-state index is 13.7. The highest BCUT2D eigenvalue weighted by atomic mass is 19.4. The molecule has 2 amide bonds. The van der Waals surface area contributed by atoms with Crippen LogP contribution >= 0.6 is 0 Å². The first-order chi connectivity index (χ1) is 14.9. The van der Waals surface area contributed by atoms with Crippen molar-refractivity contribution in [3.63, 3.8) is 0 Å². The zero-order valence-electron chi connectivity index (χ0n) is 18.4. The van der Waals surface area contributed by atoms with Crippen molar-refractivity contribution < 1.29 is 33.0 Å². The minimum Gasteiger partial charge on any atom is -0.480 e. The topological polar surface area (TPSA) is 89.9 Å². The van der Waals surface area contributed by atoms with Crippen LogP contribution in [0.4, 0.5) is 18.0 Å². The van der Waals surface area contributed by atoms with Crippen molar-refractivity contribution in [2.75, 3.05) is 0 Å². The van der Waals surface area contributed by atoms with Crippen LogP contribution in [-0.4, -0.2) is 51.1 Å². The van der Waals surface area contributed by atoms with Gasteiger partial charge in [-0.3, -0.25) is 4.90 Å². The molecule has 178 valence electrons. The predicted octanol–water partition coefficient (Wildman–Crippen LogP) is 4.24. The van der Waals surface area contributed by atoms with E-state index in [2.05, 4.69) is 0 Å². The normalized spacial score (nSPS) is 27.5. The number of nitrogens with one attached hydrogen (secondary N) is 1. The molecule has 0 spiro atoms. The second kappa shape index (κ2) is 9.29. The van der Waals surface area contributed by atoms with E-state index in [1.165, 1.54) is 6.92 Å². The SMILES string of the molecule is Cc1cccc(CCC2C(C(=O)O)N(C(=O)NC(C3CCCCC3)C(F)(F)F)C2(C)O)c1. The molecule has 4 atom stereocenters. The predicted molar refractivity (Wildman–Crippen MR) is 112 cm³/mol. The number of urea groups is 1. The summed E-state index contributed by atoms with van der Waals surface area (Å²) >= 11 is 0. The molecule has 1 aliphatic heterocycles. The third-order valence-electron chi connectivity index (χ3n) is 6.90. The lowest BCUT2D eigenvalue weighted by Crippen LogP contribution is -2.77. The second-order valence-corrected chi connectivity index (χ2v) is 9.25. The van der Waals surface area contributed by atoms with Crippen molar-refractivity contribution >= 4 is 12.0 Å². The average Bonchev–Trinajstić information content (AvgIpc) is 2.70. The average molecular weight is 457 g/mol. The van der Waals surface area contributed by atoms with Gasteiger partial charge in [-0.15, -0.1) is 0 Å². The number of benzene rings is 1. The molecular formula is C23H31F3N2O4. The Morgan fingerprint density at radius 2 is 1.91 bits per heavy atom. The van der Waals surface area contributed by atoms with Crippen molar-refractivity contribution in [1.29, 1.82) is 0 Å². The Labute approximate surface area is 185 Å². The van der Waals surface area contributed by atoms with Gasteiger partial charge in [-0.2, -0.15) is 13.2 Å². The molecule has 1 saturated carbocycles. The number of carbonyl (C=O) groups is 2. The van der Waals surface area contributed by atoms with E-state index in [4.69, 9.17) is 0 Å². The summed E-state index contributed by atoms with van der Waals surface area (Å²) in [4.78, 5) is 25.4. The minimum absolute atomic E-state index is 0.280. The molecule has 2 fully saturated rings. The number of rotatable bonds is 6. The second-order valence-electron chi connectivity index (χ2n) is 9.25. The van der Waals surface area contributed by atoms with Crippen LogP contribution in [0.25, 0.3) is 0 Å².